The van der Waals surface area contributed by atoms with Gasteiger partial charge in [0, 0.05) is 0 Å². The standard InChI is InChI=1S/C20H16ClF3O2/c1-2-9-25-16-6-3-13-4-7-17(11-14(13)10-16)26-19-8-5-15(12-18(19)21)20(22,23)24/h3-8,10-12H,2,9H2,1H3. The Morgan fingerprint density at radius 3 is 2.23 bits per heavy atom. The van der Waals surface area contributed by atoms with Crippen molar-refractivity contribution < 1.29 is 22.6 Å². The average Bonchev–Trinajstić information content (AvgIpc) is 2.60. The summed E-state index contributed by atoms with van der Waals surface area (Å²) < 4.78 is 49.4. The predicted octanol–water partition coefficient (Wildman–Crippen LogP) is 7.09. The van der Waals surface area contributed by atoms with Crippen molar-refractivity contribution in [2.24, 2.45) is 0 Å². The zero-order valence-electron chi connectivity index (χ0n) is 13.9. The minimum atomic E-state index is -4.44. The van der Waals surface area contributed by atoms with E-state index in [-0.39, 0.29) is 10.8 Å². The van der Waals surface area contributed by atoms with Crippen LogP contribution in [-0.4, -0.2) is 6.61 Å². The second-order valence-corrected chi connectivity index (χ2v) is 6.17. The number of hydrogen-bond acceptors (Lipinski definition) is 2. The van der Waals surface area contributed by atoms with E-state index in [1.807, 2.05) is 31.2 Å². The summed E-state index contributed by atoms with van der Waals surface area (Å²) in [5, 5.41) is 1.80. The molecule has 0 saturated carbocycles. The molecule has 0 spiro atoms. The van der Waals surface area contributed by atoms with E-state index in [0.29, 0.717) is 12.4 Å². The minimum absolute atomic E-state index is 0.0973. The number of rotatable bonds is 5. The van der Waals surface area contributed by atoms with Crippen LogP contribution in [0, 0.1) is 0 Å². The summed E-state index contributed by atoms with van der Waals surface area (Å²) in [4.78, 5) is 0. The zero-order chi connectivity index (χ0) is 18.7. The van der Waals surface area contributed by atoms with Gasteiger partial charge in [-0.1, -0.05) is 30.7 Å². The van der Waals surface area contributed by atoms with E-state index in [0.717, 1.165) is 35.1 Å². The summed E-state index contributed by atoms with van der Waals surface area (Å²) >= 11 is 5.94. The molecule has 0 atom stereocenters. The quantitative estimate of drug-likeness (QED) is 0.470. The van der Waals surface area contributed by atoms with Crippen LogP contribution in [-0.2, 0) is 6.18 Å². The van der Waals surface area contributed by atoms with Gasteiger partial charge in [-0.25, -0.2) is 0 Å². The van der Waals surface area contributed by atoms with E-state index < -0.39 is 11.7 Å². The molecule has 0 saturated heterocycles. The van der Waals surface area contributed by atoms with Crippen molar-refractivity contribution in [2.75, 3.05) is 6.61 Å². The molecule has 0 aliphatic heterocycles. The number of hydrogen-bond donors (Lipinski definition) is 0. The molecule has 0 aromatic heterocycles. The Labute approximate surface area is 154 Å². The fourth-order valence-electron chi connectivity index (χ4n) is 2.46. The van der Waals surface area contributed by atoms with Crippen molar-refractivity contribution in [2.45, 2.75) is 19.5 Å². The summed E-state index contributed by atoms with van der Waals surface area (Å²) in [6, 6.07) is 14.1. The molecule has 0 heterocycles. The van der Waals surface area contributed by atoms with Crippen molar-refractivity contribution >= 4 is 22.4 Å². The van der Waals surface area contributed by atoms with E-state index in [1.165, 1.54) is 6.07 Å². The Hall–Kier alpha value is -2.40. The highest BCUT2D eigenvalue weighted by atomic mass is 35.5. The third-order valence-electron chi connectivity index (χ3n) is 3.74. The molecule has 136 valence electrons. The maximum atomic E-state index is 12.7. The molecule has 0 aliphatic carbocycles. The number of ether oxygens (including phenoxy) is 2. The molecule has 3 aromatic carbocycles. The van der Waals surface area contributed by atoms with E-state index in [2.05, 4.69) is 0 Å². The van der Waals surface area contributed by atoms with Crippen LogP contribution < -0.4 is 9.47 Å². The second-order valence-electron chi connectivity index (χ2n) is 5.76. The Kier molecular flexibility index (Phi) is 5.28. The maximum absolute atomic E-state index is 12.7. The summed E-state index contributed by atoms with van der Waals surface area (Å²) in [6.45, 7) is 2.66. The van der Waals surface area contributed by atoms with Gasteiger partial charge < -0.3 is 9.47 Å². The Bertz CT molecular complexity index is 923. The zero-order valence-corrected chi connectivity index (χ0v) is 14.7. The van der Waals surface area contributed by atoms with Gasteiger partial charge in [0.1, 0.15) is 17.2 Å². The molecule has 0 amide bonds. The number of alkyl halides is 3. The lowest BCUT2D eigenvalue weighted by molar-refractivity contribution is -0.137. The molecule has 3 aromatic rings. The van der Waals surface area contributed by atoms with Crippen LogP contribution in [0.15, 0.2) is 54.6 Å². The fourth-order valence-corrected chi connectivity index (χ4v) is 2.68. The third kappa shape index (κ3) is 4.22. The van der Waals surface area contributed by atoms with Crippen LogP contribution in [0.3, 0.4) is 0 Å². The van der Waals surface area contributed by atoms with Crippen LogP contribution in [0.5, 0.6) is 17.2 Å². The first-order valence-electron chi connectivity index (χ1n) is 8.08. The second kappa shape index (κ2) is 7.46. The van der Waals surface area contributed by atoms with Gasteiger partial charge in [0.2, 0.25) is 0 Å². The smallest absolute Gasteiger partial charge is 0.416 e. The van der Waals surface area contributed by atoms with Crippen molar-refractivity contribution in [1.82, 2.24) is 0 Å². The van der Waals surface area contributed by atoms with E-state index >= 15 is 0 Å². The van der Waals surface area contributed by atoms with Gasteiger partial charge >= 0.3 is 6.18 Å². The normalized spacial score (nSPS) is 11.6. The molecule has 0 aliphatic rings. The summed E-state index contributed by atoms with van der Waals surface area (Å²) in [7, 11) is 0. The molecule has 0 fully saturated rings. The molecular weight excluding hydrogens is 365 g/mol. The summed E-state index contributed by atoms with van der Waals surface area (Å²) in [5.74, 6) is 1.40. The van der Waals surface area contributed by atoms with Gasteiger partial charge in [0.15, 0.2) is 0 Å². The lowest BCUT2D eigenvalue weighted by atomic mass is 10.1. The Morgan fingerprint density at radius 2 is 1.58 bits per heavy atom. The summed E-state index contributed by atoms with van der Waals surface area (Å²) in [5.41, 5.74) is -0.814. The molecule has 0 unspecified atom stereocenters. The third-order valence-corrected chi connectivity index (χ3v) is 4.04. The fraction of sp³-hybridized carbons (Fsp3) is 0.200. The van der Waals surface area contributed by atoms with E-state index in [9.17, 15) is 13.2 Å². The number of fused-ring (bicyclic) bond motifs is 1. The SMILES string of the molecule is CCCOc1ccc2ccc(Oc3ccc(C(F)(F)F)cc3Cl)cc2c1. The van der Waals surface area contributed by atoms with E-state index in [4.69, 9.17) is 21.1 Å². The first kappa shape index (κ1) is 18.4. The number of benzene rings is 3. The lowest BCUT2D eigenvalue weighted by Gasteiger charge is -2.12. The molecule has 0 radical (unpaired) electrons. The number of halogens is 4. The van der Waals surface area contributed by atoms with Gasteiger partial charge in [0.05, 0.1) is 17.2 Å². The molecular formula is C20H16ClF3O2. The Morgan fingerprint density at radius 1 is 0.885 bits per heavy atom. The topological polar surface area (TPSA) is 18.5 Å². The molecule has 0 N–H and O–H groups in total. The summed E-state index contributed by atoms with van der Waals surface area (Å²) in [6.07, 6.45) is -3.53. The van der Waals surface area contributed by atoms with Crippen LogP contribution in [0.2, 0.25) is 5.02 Å². The van der Waals surface area contributed by atoms with Crippen molar-refractivity contribution in [1.29, 1.82) is 0 Å². The van der Waals surface area contributed by atoms with Gasteiger partial charge in [-0.2, -0.15) is 13.2 Å². The molecule has 26 heavy (non-hydrogen) atoms. The predicted molar refractivity (Wildman–Crippen MR) is 96.3 cm³/mol. The van der Waals surface area contributed by atoms with Crippen molar-refractivity contribution in [3.05, 3.63) is 65.2 Å². The molecule has 0 bridgehead atoms. The van der Waals surface area contributed by atoms with Crippen LogP contribution in [0.4, 0.5) is 13.2 Å². The molecule has 3 rings (SSSR count). The average molecular weight is 381 g/mol. The van der Waals surface area contributed by atoms with Crippen molar-refractivity contribution in [3.63, 3.8) is 0 Å². The van der Waals surface area contributed by atoms with E-state index in [1.54, 1.807) is 12.1 Å². The minimum Gasteiger partial charge on any atom is -0.494 e. The molecule has 2 nitrogen and oxygen atoms in total. The van der Waals surface area contributed by atoms with Crippen LogP contribution >= 0.6 is 11.6 Å². The van der Waals surface area contributed by atoms with Gasteiger partial charge in [0.25, 0.3) is 0 Å². The molecule has 6 heteroatoms. The lowest BCUT2D eigenvalue weighted by Crippen LogP contribution is -2.04. The first-order valence-corrected chi connectivity index (χ1v) is 8.46. The monoisotopic (exact) mass is 380 g/mol. The van der Waals surface area contributed by atoms with Crippen molar-refractivity contribution in [3.8, 4) is 17.2 Å². The Balaban J connectivity index is 1.86. The maximum Gasteiger partial charge on any atom is 0.416 e. The van der Waals surface area contributed by atoms with Crippen LogP contribution in [0.25, 0.3) is 10.8 Å². The highest BCUT2D eigenvalue weighted by Gasteiger charge is 2.31. The van der Waals surface area contributed by atoms with Gasteiger partial charge in [-0.3, -0.25) is 0 Å². The van der Waals surface area contributed by atoms with Gasteiger partial charge in [-0.15, -0.1) is 0 Å². The van der Waals surface area contributed by atoms with Crippen LogP contribution in [0.1, 0.15) is 18.9 Å². The largest absolute Gasteiger partial charge is 0.494 e. The first-order chi connectivity index (χ1) is 12.4. The van der Waals surface area contributed by atoms with Gasteiger partial charge in [-0.05, 0) is 59.7 Å². The highest BCUT2D eigenvalue weighted by Crippen LogP contribution is 2.37. The highest BCUT2D eigenvalue weighted by molar-refractivity contribution is 6.32.